The Morgan fingerprint density at radius 3 is 2.40 bits per heavy atom. The Balaban J connectivity index is 1.98. The summed E-state index contributed by atoms with van der Waals surface area (Å²) in [6.45, 7) is 8.09. The molecule has 1 saturated heterocycles. The summed E-state index contributed by atoms with van der Waals surface area (Å²) in [6.07, 6.45) is 3.97. The van der Waals surface area contributed by atoms with E-state index in [9.17, 15) is 4.79 Å². The van der Waals surface area contributed by atoms with Crippen LogP contribution in [0, 0.1) is 0 Å². The summed E-state index contributed by atoms with van der Waals surface area (Å²) in [6, 6.07) is 14.4. The van der Waals surface area contributed by atoms with Gasteiger partial charge in [0.15, 0.2) is 5.17 Å². The van der Waals surface area contributed by atoms with E-state index in [0.29, 0.717) is 4.91 Å². The van der Waals surface area contributed by atoms with Crippen molar-refractivity contribution in [2.75, 3.05) is 0 Å². The monoisotopic (exact) mass is 353 g/mol. The van der Waals surface area contributed by atoms with Crippen LogP contribution < -0.4 is 0 Å². The Hall–Kier alpha value is -2.27. The van der Waals surface area contributed by atoms with Crippen molar-refractivity contribution >= 4 is 28.9 Å². The normalized spacial score (nSPS) is 18.3. The smallest absolute Gasteiger partial charge is 0.267 e. The molecule has 0 saturated carbocycles. The van der Waals surface area contributed by atoms with Crippen LogP contribution >= 0.6 is 11.8 Å². The van der Waals surface area contributed by atoms with Gasteiger partial charge in [-0.15, -0.1) is 0 Å². The van der Waals surface area contributed by atoms with Gasteiger partial charge >= 0.3 is 0 Å². The maximum atomic E-state index is 12.9. The van der Waals surface area contributed by atoms with Crippen LogP contribution in [0.2, 0.25) is 0 Å². The van der Waals surface area contributed by atoms with Gasteiger partial charge in [0.1, 0.15) is 0 Å². The number of aromatic nitrogens is 1. The number of aliphatic imine (C=N–C) groups is 1. The van der Waals surface area contributed by atoms with Crippen LogP contribution in [0.4, 0.5) is 0 Å². The van der Waals surface area contributed by atoms with E-state index in [4.69, 9.17) is 0 Å². The van der Waals surface area contributed by atoms with E-state index >= 15 is 0 Å². The number of hydrogen-bond donors (Lipinski definition) is 0. The quantitative estimate of drug-likeness (QED) is 0.755. The average Bonchev–Trinajstić information content (AvgIpc) is 3.13. The molecular formula is C20H23N3OS. The van der Waals surface area contributed by atoms with Crippen LogP contribution in [0.1, 0.15) is 33.4 Å². The van der Waals surface area contributed by atoms with Gasteiger partial charge in [0, 0.05) is 29.7 Å². The van der Waals surface area contributed by atoms with Gasteiger partial charge in [-0.3, -0.25) is 14.7 Å². The lowest BCUT2D eigenvalue weighted by molar-refractivity contribution is -0.123. The van der Waals surface area contributed by atoms with Gasteiger partial charge in [0.2, 0.25) is 0 Å². The summed E-state index contributed by atoms with van der Waals surface area (Å²) in [5.41, 5.74) is 2.06. The van der Waals surface area contributed by atoms with Crippen molar-refractivity contribution in [2.45, 2.75) is 39.8 Å². The third-order valence-electron chi connectivity index (χ3n) is 3.82. The van der Waals surface area contributed by atoms with Crippen LogP contribution in [0.25, 0.3) is 11.8 Å². The fraction of sp³-hybridized carbons (Fsp3) is 0.300. The molecule has 1 aromatic heterocycles. The van der Waals surface area contributed by atoms with Gasteiger partial charge < -0.3 is 4.57 Å². The molecule has 0 spiro atoms. The summed E-state index contributed by atoms with van der Waals surface area (Å²) in [5, 5.41) is 0.791. The molecule has 0 bridgehead atoms. The van der Waals surface area contributed by atoms with E-state index in [-0.39, 0.29) is 18.0 Å². The van der Waals surface area contributed by atoms with Crippen molar-refractivity contribution in [2.24, 2.45) is 4.99 Å². The number of amidine groups is 1. The minimum absolute atomic E-state index is 0.0280. The Morgan fingerprint density at radius 1 is 1.04 bits per heavy atom. The highest BCUT2D eigenvalue weighted by Crippen LogP contribution is 2.34. The molecule has 1 aliphatic heterocycles. The second-order valence-electron chi connectivity index (χ2n) is 6.52. The average molecular weight is 353 g/mol. The lowest BCUT2D eigenvalue weighted by Crippen LogP contribution is -2.35. The number of rotatable bonds is 4. The molecule has 0 aliphatic carbocycles. The first-order chi connectivity index (χ1) is 12.0. The number of nitrogens with zero attached hydrogens (tertiary/aromatic N) is 3. The summed E-state index contributed by atoms with van der Waals surface area (Å²) < 4.78 is 2.08. The standard InChI is InChI=1S/C20H23N3OS/c1-14(2)21-20-23(15(3)4)19(24)18(25-20)13-17-11-8-12-22(17)16-9-6-5-7-10-16/h5-15H,1-4H3/b18-13+,21-20?. The number of para-hydroxylation sites is 1. The van der Waals surface area contributed by atoms with Gasteiger partial charge in [0.25, 0.3) is 5.91 Å². The highest BCUT2D eigenvalue weighted by atomic mass is 32.2. The molecule has 1 fully saturated rings. The molecule has 130 valence electrons. The molecule has 0 radical (unpaired) electrons. The summed E-state index contributed by atoms with van der Waals surface area (Å²) in [4.78, 5) is 20.0. The van der Waals surface area contributed by atoms with Crippen LogP contribution in [0.3, 0.4) is 0 Å². The van der Waals surface area contributed by atoms with E-state index in [2.05, 4.69) is 21.7 Å². The predicted molar refractivity (Wildman–Crippen MR) is 106 cm³/mol. The molecule has 2 aromatic rings. The Kier molecular flexibility index (Phi) is 5.13. The third kappa shape index (κ3) is 3.71. The highest BCUT2D eigenvalue weighted by molar-refractivity contribution is 8.18. The van der Waals surface area contributed by atoms with Crippen LogP contribution in [-0.2, 0) is 4.79 Å². The molecule has 1 amide bonds. The lowest BCUT2D eigenvalue weighted by atomic mass is 10.3. The van der Waals surface area contributed by atoms with E-state index in [1.54, 1.807) is 4.90 Å². The molecule has 0 atom stereocenters. The second kappa shape index (κ2) is 7.31. The minimum Gasteiger partial charge on any atom is -0.317 e. The summed E-state index contributed by atoms with van der Waals surface area (Å²) in [7, 11) is 0. The van der Waals surface area contributed by atoms with Crippen LogP contribution in [0.5, 0.6) is 0 Å². The van der Waals surface area contributed by atoms with Crippen molar-refractivity contribution in [3.63, 3.8) is 0 Å². The molecule has 3 rings (SSSR count). The van der Waals surface area contributed by atoms with Crippen molar-refractivity contribution in [3.05, 3.63) is 59.3 Å². The summed E-state index contributed by atoms with van der Waals surface area (Å²) >= 11 is 1.46. The fourth-order valence-corrected chi connectivity index (χ4v) is 3.94. The van der Waals surface area contributed by atoms with Gasteiger partial charge in [-0.2, -0.15) is 0 Å². The second-order valence-corrected chi connectivity index (χ2v) is 7.53. The first kappa shape index (κ1) is 17.5. The van der Waals surface area contributed by atoms with Gasteiger partial charge in [0.05, 0.1) is 4.91 Å². The minimum atomic E-state index is 0.0280. The largest absolute Gasteiger partial charge is 0.317 e. The van der Waals surface area contributed by atoms with Gasteiger partial charge in [-0.25, -0.2) is 0 Å². The SMILES string of the molecule is CC(C)N=C1S/C(=C/c2cccn2-c2ccccc2)C(=O)N1C(C)C. The van der Waals surface area contributed by atoms with E-state index in [1.165, 1.54) is 11.8 Å². The van der Waals surface area contributed by atoms with Gasteiger partial charge in [-0.05, 0) is 69.8 Å². The number of benzene rings is 1. The van der Waals surface area contributed by atoms with Gasteiger partial charge in [-0.1, -0.05) is 18.2 Å². The molecule has 4 nitrogen and oxygen atoms in total. The Bertz CT molecular complexity index is 818. The molecule has 0 N–H and O–H groups in total. The lowest BCUT2D eigenvalue weighted by Gasteiger charge is -2.20. The van der Waals surface area contributed by atoms with Crippen LogP contribution in [-0.4, -0.2) is 32.6 Å². The molecule has 5 heteroatoms. The van der Waals surface area contributed by atoms with E-state index < -0.39 is 0 Å². The van der Waals surface area contributed by atoms with Crippen molar-refractivity contribution in [3.8, 4) is 5.69 Å². The van der Waals surface area contributed by atoms with E-state index in [1.807, 2.05) is 70.3 Å². The highest BCUT2D eigenvalue weighted by Gasteiger charge is 2.35. The maximum absolute atomic E-state index is 12.9. The predicted octanol–water partition coefficient (Wildman–Crippen LogP) is 4.57. The third-order valence-corrected chi connectivity index (χ3v) is 4.81. The number of thioether (sulfide) groups is 1. The topological polar surface area (TPSA) is 37.6 Å². The maximum Gasteiger partial charge on any atom is 0.267 e. The Labute approximate surface area is 153 Å². The summed E-state index contributed by atoms with van der Waals surface area (Å²) in [5.74, 6) is 0.0280. The van der Waals surface area contributed by atoms with Crippen molar-refractivity contribution in [1.29, 1.82) is 0 Å². The van der Waals surface area contributed by atoms with Crippen molar-refractivity contribution in [1.82, 2.24) is 9.47 Å². The molecule has 1 aliphatic rings. The van der Waals surface area contributed by atoms with Crippen molar-refractivity contribution < 1.29 is 4.79 Å². The molecule has 25 heavy (non-hydrogen) atoms. The zero-order chi connectivity index (χ0) is 18.0. The van der Waals surface area contributed by atoms with E-state index in [0.717, 1.165) is 16.5 Å². The molecule has 2 heterocycles. The Morgan fingerprint density at radius 2 is 1.76 bits per heavy atom. The molecule has 0 unspecified atom stereocenters. The zero-order valence-electron chi connectivity index (χ0n) is 15.0. The zero-order valence-corrected chi connectivity index (χ0v) is 15.8. The number of amides is 1. The first-order valence-corrected chi connectivity index (χ1v) is 9.32. The molecule has 1 aromatic carbocycles. The molecular weight excluding hydrogens is 330 g/mol. The fourth-order valence-electron chi connectivity index (χ4n) is 2.72. The van der Waals surface area contributed by atoms with Crippen LogP contribution in [0.15, 0.2) is 58.6 Å². The number of hydrogen-bond acceptors (Lipinski definition) is 3. The first-order valence-electron chi connectivity index (χ1n) is 8.51. The number of carbonyl (C=O) groups excluding carboxylic acids is 1. The number of carbonyl (C=O) groups is 1.